The first-order valence-electron chi connectivity index (χ1n) is 7.16. The van der Waals surface area contributed by atoms with Gasteiger partial charge in [0.1, 0.15) is 0 Å². The van der Waals surface area contributed by atoms with Crippen LogP contribution in [0.15, 0.2) is 18.2 Å². The molecule has 1 saturated heterocycles. The molecule has 1 amide bonds. The number of alkyl halides is 2. The second kappa shape index (κ2) is 5.35. The van der Waals surface area contributed by atoms with E-state index in [0.717, 1.165) is 26.2 Å². The molecule has 1 atom stereocenters. The fourth-order valence-electron chi connectivity index (χ4n) is 3.24. The summed E-state index contributed by atoms with van der Waals surface area (Å²) in [6.45, 7) is 3.43. The quantitative estimate of drug-likeness (QED) is 0.867. The van der Waals surface area contributed by atoms with Crippen molar-refractivity contribution in [2.24, 2.45) is 0 Å². The zero-order chi connectivity index (χ0) is 15.0. The number of piperazine rings is 1. The van der Waals surface area contributed by atoms with Crippen LogP contribution in [0.5, 0.6) is 0 Å². The lowest BCUT2D eigenvalue weighted by molar-refractivity contribution is -0.105. The number of fused-ring (bicyclic) bond motifs is 1. The molecule has 3 rings (SSSR count). The van der Waals surface area contributed by atoms with Gasteiger partial charge in [0.15, 0.2) is 0 Å². The molecule has 0 saturated carbocycles. The summed E-state index contributed by atoms with van der Waals surface area (Å²) in [5.41, 5.74) is 1.17. The predicted molar refractivity (Wildman–Crippen MR) is 76.5 cm³/mol. The third-order valence-corrected chi connectivity index (χ3v) is 4.46. The first-order valence-corrected chi connectivity index (χ1v) is 7.16. The molecule has 2 aliphatic rings. The summed E-state index contributed by atoms with van der Waals surface area (Å²) in [4.78, 5) is 14.8. The molecule has 1 fully saturated rings. The van der Waals surface area contributed by atoms with E-state index < -0.39 is 5.92 Å². The zero-order valence-corrected chi connectivity index (χ0v) is 12.0. The third kappa shape index (κ3) is 2.65. The summed E-state index contributed by atoms with van der Waals surface area (Å²) in [5.74, 6) is -2.83. The highest BCUT2D eigenvalue weighted by molar-refractivity contribution is 5.72. The van der Waals surface area contributed by atoms with E-state index in [-0.39, 0.29) is 18.0 Å². The van der Waals surface area contributed by atoms with Gasteiger partial charge in [-0.05, 0) is 24.7 Å². The number of likely N-dealkylation sites (N-methyl/N-ethyl adjacent to an activating group) is 1. The van der Waals surface area contributed by atoms with Crippen molar-refractivity contribution >= 4 is 12.1 Å². The average Bonchev–Trinajstić information content (AvgIpc) is 2.72. The van der Waals surface area contributed by atoms with Gasteiger partial charge in [0, 0.05) is 49.9 Å². The Kier molecular flexibility index (Phi) is 3.67. The van der Waals surface area contributed by atoms with E-state index in [2.05, 4.69) is 15.1 Å². The van der Waals surface area contributed by atoms with Crippen molar-refractivity contribution in [1.82, 2.24) is 9.80 Å². The van der Waals surface area contributed by atoms with Crippen LogP contribution in [-0.4, -0.2) is 49.4 Å². The van der Waals surface area contributed by atoms with Crippen LogP contribution in [0.4, 0.5) is 14.5 Å². The number of nitrogens with one attached hydrogen (secondary N) is 1. The SMILES string of the molecule is CN1CCN([C@@H]2CC(F)(F)c3cc(NC=O)ccc32)CC1. The Morgan fingerprint density at radius 1 is 1.29 bits per heavy atom. The molecule has 1 aliphatic carbocycles. The Labute approximate surface area is 122 Å². The fourth-order valence-corrected chi connectivity index (χ4v) is 3.24. The molecular weight excluding hydrogens is 276 g/mol. The first-order chi connectivity index (χ1) is 10.0. The van der Waals surface area contributed by atoms with Crippen molar-refractivity contribution in [3.8, 4) is 0 Å². The molecule has 1 aromatic carbocycles. The van der Waals surface area contributed by atoms with Crippen LogP contribution in [0.25, 0.3) is 0 Å². The summed E-state index contributed by atoms with van der Waals surface area (Å²) < 4.78 is 28.6. The van der Waals surface area contributed by atoms with Crippen LogP contribution in [-0.2, 0) is 10.7 Å². The molecule has 0 radical (unpaired) electrons. The number of hydrogen-bond acceptors (Lipinski definition) is 3. The predicted octanol–water partition coefficient (Wildman–Crippen LogP) is 2.04. The minimum atomic E-state index is -2.83. The molecule has 0 unspecified atom stereocenters. The Morgan fingerprint density at radius 3 is 2.67 bits per heavy atom. The highest BCUT2D eigenvalue weighted by Gasteiger charge is 2.47. The largest absolute Gasteiger partial charge is 0.329 e. The molecular formula is C15H19F2N3O. The van der Waals surface area contributed by atoms with Gasteiger partial charge >= 0.3 is 0 Å². The Hall–Kier alpha value is -1.53. The summed E-state index contributed by atoms with van der Waals surface area (Å²) >= 11 is 0. The lowest BCUT2D eigenvalue weighted by Crippen LogP contribution is -2.45. The van der Waals surface area contributed by atoms with Crippen LogP contribution in [0.3, 0.4) is 0 Å². The van der Waals surface area contributed by atoms with Gasteiger partial charge in [-0.15, -0.1) is 0 Å². The van der Waals surface area contributed by atoms with Crippen LogP contribution in [0.2, 0.25) is 0 Å². The monoisotopic (exact) mass is 295 g/mol. The third-order valence-electron chi connectivity index (χ3n) is 4.46. The molecule has 1 N–H and O–H groups in total. The molecule has 6 heteroatoms. The number of rotatable bonds is 3. The summed E-state index contributed by atoms with van der Waals surface area (Å²) in [5, 5.41) is 2.44. The van der Waals surface area contributed by atoms with Crippen molar-refractivity contribution in [3.05, 3.63) is 29.3 Å². The number of halogens is 2. The molecule has 1 heterocycles. The van der Waals surface area contributed by atoms with Gasteiger partial charge in [0.05, 0.1) is 0 Å². The number of benzene rings is 1. The molecule has 4 nitrogen and oxygen atoms in total. The van der Waals surface area contributed by atoms with Crippen LogP contribution < -0.4 is 5.32 Å². The number of amides is 1. The van der Waals surface area contributed by atoms with Crippen molar-refractivity contribution in [2.75, 3.05) is 38.5 Å². The van der Waals surface area contributed by atoms with Crippen molar-refractivity contribution in [1.29, 1.82) is 0 Å². The second-order valence-electron chi connectivity index (χ2n) is 5.83. The topological polar surface area (TPSA) is 35.6 Å². The van der Waals surface area contributed by atoms with Gasteiger partial charge in [-0.1, -0.05) is 6.07 Å². The maximum Gasteiger partial charge on any atom is 0.275 e. The van der Waals surface area contributed by atoms with Gasteiger partial charge in [0.2, 0.25) is 6.41 Å². The standard InChI is InChI=1S/C15H19F2N3O/c1-19-4-6-20(7-5-19)14-9-15(16,17)13-8-11(18-10-21)2-3-12(13)14/h2-3,8,10,14H,4-7,9H2,1H3,(H,18,21)/t14-/m1/s1. The average molecular weight is 295 g/mol. The molecule has 0 spiro atoms. The summed E-state index contributed by atoms with van der Waals surface area (Å²) in [6.07, 6.45) is 0.337. The first kappa shape index (κ1) is 14.4. The Morgan fingerprint density at radius 2 is 2.00 bits per heavy atom. The fraction of sp³-hybridized carbons (Fsp3) is 0.533. The van der Waals surface area contributed by atoms with E-state index in [1.165, 1.54) is 6.07 Å². The van der Waals surface area contributed by atoms with Crippen LogP contribution in [0, 0.1) is 0 Å². The van der Waals surface area contributed by atoms with Gasteiger partial charge < -0.3 is 10.2 Å². The van der Waals surface area contributed by atoms with Crippen LogP contribution in [0.1, 0.15) is 23.6 Å². The number of anilines is 1. The lowest BCUT2D eigenvalue weighted by Gasteiger charge is -2.36. The Bertz CT molecular complexity index is 542. The van der Waals surface area contributed by atoms with Gasteiger partial charge in [-0.2, -0.15) is 0 Å². The highest BCUT2D eigenvalue weighted by atomic mass is 19.3. The highest BCUT2D eigenvalue weighted by Crippen LogP contribution is 2.50. The van der Waals surface area contributed by atoms with Gasteiger partial charge in [-0.3, -0.25) is 9.69 Å². The summed E-state index contributed by atoms with van der Waals surface area (Å²) in [7, 11) is 2.05. The van der Waals surface area contributed by atoms with Crippen LogP contribution >= 0.6 is 0 Å². The van der Waals surface area contributed by atoms with E-state index in [0.29, 0.717) is 17.7 Å². The number of nitrogens with zero attached hydrogens (tertiary/aromatic N) is 2. The van der Waals surface area contributed by atoms with Gasteiger partial charge in [-0.25, -0.2) is 8.78 Å². The molecule has 114 valence electrons. The summed E-state index contributed by atoms with van der Waals surface area (Å²) in [6, 6.07) is 4.59. The normalized spacial score (nSPS) is 25.6. The van der Waals surface area contributed by atoms with E-state index in [4.69, 9.17) is 0 Å². The molecule has 1 aromatic rings. The van der Waals surface area contributed by atoms with E-state index in [1.807, 2.05) is 7.05 Å². The van der Waals surface area contributed by atoms with Crippen molar-refractivity contribution in [3.63, 3.8) is 0 Å². The minimum absolute atomic E-state index is 0.0540. The zero-order valence-electron chi connectivity index (χ0n) is 12.0. The van der Waals surface area contributed by atoms with Crippen molar-refractivity contribution in [2.45, 2.75) is 18.4 Å². The van der Waals surface area contributed by atoms with E-state index >= 15 is 0 Å². The molecule has 0 aromatic heterocycles. The van der Waals surface area contributed by atoms with E-state index in [1.54, 1.807) is 12.1 Å². The number of carbonyl (C=O) groups excluding carboxylic acids is 1. The van der Waals surface area contributed by atoms with Gasteiger partial charge in [0.25, 0.3) is 5.92 Å². The minimum Gasteiger partial charge on any atom is -0.329 e. The maximum absolute atomic E-state index is 14.3. The molecule has 21 heavy (non-hydrogen) atoms. The Balaban J connectivity index is 1.89. The lowest BCUT2D eigenvalue weighted by atomic mass is 10.1. The smallest absolute Gasteiger partial charge is 0.275 e. The molecule has 0 bridgehead atoms. The van der Waals surface area contributed by atoms with E-state index in [9.17, 15) is 13.6 Å². The second-order valence-corrected chi connectivity index (χ2v) is 5.83. The maximum atomic E-state index is 14.3. The number of carbonyl (C=O) groups is 1. The molecule has 1 aliphatic heterocycles. The van der Waals surface area contributed by atoms with Crippen molar-refractivity contribution < 1.29 is 13.6 Å². The number of hydrogen-bond donors (Lipinski definition) is 1.